The molecule has 0 spiro atoms. The second-order valence-electron chi connectivity index (χ2n) is 6.08. The Morgan fingerprint density at radius 2 is 1.84 bits per heavy atom. The quantitative estimate of drug-likeness (QED) is 0.805. The number of aliphatic hydroxyl groups excluding tert-OH is 1. The average Bonchev–Trinajstić information content (AvgIpc) is 2.34. The molecule has 0 aromatic heterocycles. The van der Waals surface area contributed by atoms with Crippen molar-refractivity contribution in [2.24, 2.45) is 0 Å². The Kier molecular flexibility index (Phi) is 6.90. The summed E-state index contributed by atoms with van der Waals surface area (Å²) in [5, 5.41) is 13.4. The SMILES string of the molecule is CC(CSC(C)(C)C)NCC(O)Cc1ccccc1. The lowest BCUT2D eigenvalue weighted by molar-refractivity contribution is 0.169. The Morgan fingerprint density at radius 1 is 1.21 bits per heavy atom. The first-order valence-electron chi connectivity index (χ1n) is 6.96. The Labute approximate surface area is 122 Å². The number of rotatable bonds is 7. The molecule has 1 rings (SSSR count). The summed E-state index contributed by atoms with van der Waals surface area (Å²) in [5.74, 6) is 1.07. The smallest absolute Gasteiger partial charge is 0.0704 e. The van der Waals surface area contributed by atoms with Crippen LogP contribution in [0.3, 0.4) is 0 Å². The Bertz CT molecular complexity index is 348. The number of thioether (sulfide) groups is 1. The summed E-state index contributed by atoms with van der Waals surface area (Å²) in [6.45, 7) is 9.52. The van der Waals surface area contributed by atoms with Crippen LogP contribution in [0.25, 0.3) is 0 Å². The maximum absolute atomic E-state index is 10.0. The fourth-order valence-electron chi connectivity index (χ4n) is 1.73. The topological polar surface area (TPSA) is 32.3 Å². The van der Waals surface area contributed by atoms with Crippen LogP contribution in [-0.2, 0) is 6.42 Å². The summed E-state index contributed by atoms with van der Waals surface area (Å²) >= 11 is 1.95. The van der Waals surface area contributed by atoms with E-state index in [-0.39, 0.29) is 6.10 Å². The van der Waals surface area contributed by atoms with Gasteiger partial charge in [0.25, 0.3) is 0 Å². The largest absolute Gasteiger partial charge is 0.391 e. The van der Waals surface area contributed by atoms with E-state index in [0.717, 1.165) is 5.75 Å². The van der Waals surface area contributed by atoms with Gasteiger partial charge in [-0.05, 0) is 18.9 Å². The molecule has 3 heteroatoms. The maximum atomic E-state index is 10.0. The average molecular weight is 281 g/mol. The predicted octanol–water partition coefficient (Wildman–Crippen LogP) is 3.10. The molecule has 0 amide bonds. The minimum Gasteiger partial charge on any atom is -0.391 e. The van der Waals surface area contributed by atoms with Crippen molar-refractivity contribution < 1.29 is 5.11 Å². The lowest BCUT2D eigenvalue weighted by Crippen LogP contribution is -2.36. The molecule has 2 N–H and O–H groups in total. The highest BCUT2D eigenvalue weighted by atomic mass is 32.2. The molecule has 0 saturated heterocycles. The number of hydrogen-bond donors (Lipinski definition) is 2. The summed E-state index contributed by atoms with van der Waals surface area (Å²) < 4.78 is 0.304. The van der Waals surface area contributed by atoms with Crippen LogP contribution in [-0.4, -0.2) is 34.3 Å². The number of hydrogen-bond acceptors (Lipinski definition) is 3. The standard InChI is InChI=1S/C16H27NOS/c1-13(12-19-16(2,3)4)17-11-15(18)10-14-8-6-5-7-9-14/h5-9,13,15,17-18H,10-12H2,1-4H3. The van der Waals surface area contributed by atoms with Gasteiger partial charge < -0.3 is 10.4 Å². The normalized spacial score (nSPS) is 15.2. The molecule has 0 aliphatic rings. The van der Waals surface area contributed by atoms with Gasteiger partial charge in [0.1, 0.15) is 0 Å². The molecule has 2 unspecified atom stereocenters. The van der Waals surface area contributed by atoms with Gasteiger partial charge >= 0.3 is 0 Å². The third-order valence-corrected chi connectivity index (χ3v) is 4.32. The van der Waals surface area contributed by atoms with E-state index in [4.69, 9.17) is 0 Å². The Hall–Kier alpha value is -0.510. The first kappa shape index (κ1) is 16.5. The molecule has 1 aromatic rings. The van der Waals surface area contributed by atoms with Gasteiger partial charge in [0.2, 0.25) is 0 Å². The Balaban J connectivity index is 2.21. The van der Waals surface area contributed by atoms with Gasteiger partial charge in [0.05, 0.1) is 6.10 Å². The van der Waals surface area contributed by atoms with Gasteiger partial charge in [-0.2, -0.15) is 11.8 Å². The number of nitrogens with one attached hydrogen (secondary N) is 1. The van der Waals surface area contributed by atoms with Gasteiger partial charge in [-0.15, -0.1) is 0 Å². The fourth-order valence-corrected chi connectivity index (χ4v) is 2.60. The third kappa shape index (κ3) is 8.30. The van der Waals surface area contributed by atoms with Crippen LogP contribution in [0.15, 0.2) is 30.3 Å². The molecule has 108 valence electrons. The van der Waals surface area contributed by atoms with Gasteiger partial charge in [0, 0.05) is 23.1 Å². The van der Waals surface area contributed by atoms with Gasteiger partial charge in [-0.3, -0.25) is 0 Å². The van der Waals surface area contributed by atoms with E-state index in [1.165, 1.54) is 5.56 Å². The van der Waals surface area contributed by atoms with Crippen LogP contribution in [0, 0.1) is 0 Å². The van der Waals surface area contributed by atoms with Crippen molar-refractivity contribution in [1.29, 1.82) is 0 Å². The van der Waals surface area contributed by atoms with Crippen LogP contribution < -0.4 is 5.32 Å². The summed E-state index contributed by atoms with van der Waals surface area (Å²) in [6, 6.07) is 10.6. The molecule has 0 heterocycles. The van der Waals surface area contributed by atoms with Gasteiger partial charge in [0.15, 0.2) is 0 Å². The zero-order valence-corrected chi connectivity index (χ0v) is 13.3. The minimum atomic E-state index is -0.315. The van der Waals surface area contributed by atoms with Crippen molar-refractivity contribution >= 4 is 11.8 Å². The maximum Gasteiger partial charge on any atom is 0.0704 e. The van der Waals surface area contributed by atoms with Crippen molar-refractivity contribution in [2.75, 3.05) is 12.3 Å². The molecule has 0 aliphatic heterocycles. The molecule has 0 aliphatic carbocycles. The predicted molar refractivity (Wildman–Crippen MR) is 85.8 cm³/mol. The number of benzene rings is 1. The van der Waals surface area contributed by atoms with E-state index in [0.29, 0.717) is 23.8 Å². The third-order valence-electron chi connectivity index (χ3n) is 2.78. The molecular formula is C16H27NOS. The molecule has 0 bridgehead atoms. The molecule has 0 fully saturated rings. The zero-order valence-electron chi connectivity index (χ0n) is 12.5. The molecule has 2 atom stereocenters. The molecule has 2 nitrogen and oxygen atoms in total. The van der Waals surface area contributed by atoms with Crippen LogP contribution in [0.1, 0.15) is 33.3 Å². The second-order valence-corrected chi connectivity index (χ2v) is 7.92. The molecule has 19 heavy (non-hydrogen) atoms. The molecule has 0 saturated carbocycles. The summed E-state index contributed by atoms with van der Waals surface area (Å²) in [4.78, 5) is 0. The second kappa shape index (κ2) is 7.93. The lowest BCUT2D eigenvalue weighted by Gasteiger charge is -2.22. The van der Waals surface area contributed by atoms with Crippen molar-refractivity contribution in [2.45, 2.75) is 51.0 Å². The first-order chi connectivity index (χ1) is 8.87. The highest BCUT2D eigenvalue weighted by Crippen LogP contribution is 2.23. The number of aliphatic hydroxyl groups is 1. The molecular weight excluding hydrogens is 254 g/mol. The van der Waals surface area contributed by atoms with E-state index < -0.39 is 0 Å². The van der Waals surface area contributed by atoms with Crippen molar-refractivity contribution in [1.82, 2.24) is 5.32 Å². The van der Waals surface area contributed by atoms with Crippen LogP contribution >= 0.6 is 11.8 Å². The lowest BCUT2D eigenvalue weighted by atomic mass is 10.1. The highest BCUT2D eigenvalue weighted by molar-refractivity contribution is 8.00. The van der Waals surface area contributed by atoms with E-state index in [1.807, 2.05) is 30.0 Å². The van der Waals surface area contributed by atoms with Gasteiger partial charge in [-0.1, -0.05) is 51.1 Å². The highest BCUT2D eigenvalue weighted by Gasteiger charge is 2.13. The van der Waals surface area contributed by atoms with Gasteiger partial charge in [-0.25, -0.2) is 0 Å². The zero-order chi connectivity index (χ0) is 14.3. The van der Waals surface area contributed by atoms with E-state index in [2.05, 4.69) is 45.1 Å². The first-order valence-corrected chi connectivity index (χ1v) is 7.95. The van der Waals surface area contributed by atoms with Crippen molar-refractivity contribution in [3.63, 3.8) is 0 Å². The summed E-state index contributed by atoms with van der Waals surface area (Å²) in [7, 11) is 0. The summed E-state index contributed by atoms with van der Waals surface area (Å²) in [6.07, 6.45) is 0.400. The van der Waals surface area contributed by atoms with Crippen LogP contribution in [0.2, 0.25) is 0 Å². The molecule has 1 aromatic carbocycles. The molecule has 0 radical (unpaired) electrons. The minimum absolute atomic E-state index is 0.304. The van der Waals surface area contributed by atoms with E-state index >= 15 is 0 Å². The summed E-state index contributed by atoms with van der Waals surface area (Å²) in [5.41, 5.74) is 1.19. The monoisotopic (exact) mass is 281 g/mol. The Morgan fingerprint density at radius 3 is 2.42 bits per heavy atom. The van der Waals surface area contributed by atoms with Crippen molar-refractivity contribution in [3.05, 3.63) is 35.9 Å². The van der Waals surface area contributed by atoms with Crippen LogP contribution in [0.5, 0.6) is 0 Å². The van der Waals surface area contributed by atoms with E-state index in [9.17, 15) is 5.11 Å². The van der Waals surface area contributed by atoms with Crippen molar-refractivity contribution in [3.8, 4) is 0 Å². The van der Waals surface area contributed by atoms with Crippen LogP contribution in [0.4, 0.5) is 0 Å². The fraction of sp³-hybridized carbons (Fsp3) is 0.625. The van der Waals surface area contributed by atoms with E-state index in [1.54, 1.807) is 0 Å².